The van der Waals surface area contributed by atoms with Crippen molar-refractivity contribution >= 4 is 22.8 Å². The molecule has 0 saturated heterocycles. The molecule has 0 fully saturated rings. The summed E-state index contributed by atoms with van der Waals surface area (Å²) in [4.78, 5) is 28.6. The molecule has 1 aromatic carbocycles. The van der Waals surface area contributed by atoms with Gasteiger partial charge < -0.3 is 0 Å². The lowest BCUT2D eigenvalue weighted by atomic mass is 10.1. The molecule has 0 aliphatic rings. The number of H-pyrrole nitrogens is 1. The number of unbranched alkanes of at least 4 members (excludes halogenated alkanes) is 1. The molecule has 0 amide bonds. The number of anilines is 2. The number of hydrogen-bond acceptors (Lipinski definition) is 5. The van der Waals surface area contributed by atoms with Crippen molar-refractivity contribution in [1.29, 1.82) is 0 Å². The van der Waals surface area contributed by atoms with Crippen molar-refractivity contribution in [2.45, 2.75) is 47.0 Å². The second-order valence-electron chi connectivity index (χ2n) is 6.31. The summed E-state index contributed by atoms with van der Waals surface area (Å²) < 4.78 is 0. The molecule has 0 radical (unpaired) electrons. The Morgan fingerprint density at radius 3 is 2.60 bits per heavy atom. The predicted molar refractivity (Wildman–Crippen MR) is 101 cm³/mol. The Morgan fingerprint density at radius 2 is 1.88 bits per heavy atom. The fraction of sp³-hybridized carbons (Fsp3) is 0.368. The lowest BCUT2D eigenvalue weighted by Crippen LogP contribution is -2.18. The van der Waals surface area contributed by atoms with E-state index in [1.807, 2.05) is 39.0 Å². The zero-order valence-electron chi connectivity index (χ0n) is 15.1. The molecule has 6 heteroatoms. The summed E-state index contributed by atoms with van der Waals surface area (Å²) in [7, 11) is 0. The zero-order chi connectivity index (χ0) is 18.0. The minimum absolute atomic E-state index is 0.0999. The summed E-state index contributed by atoms with van der Waals surface area (Å²) in [5, 5.41) is 4.07. The molecule has 2 heterocycles. The molecular formula is C19H23N5O. The Bertz CT molecular complexity index is 977. The van der Waals surface area contributed by atoms with Gasteiger partial charge in [0.2, 0.25) is 11.9 Å². The van der Waals surface area contributed by atoms with E-state index in [4.69, 9.17) is 0 Å². The molecule has 3 aromatic rings. The summed E-state index contributed by atoms with van der Waals surface area (Å²) in [6.07, 6.45) is 2.77. The van der Waals surface area contributed by atoms with Crippen LogP contribution >= 0.6 is 0 Å². The van der Waals surface area contributed by atoms with Gasteiger partial charge in [-0.15, -0.1) is 0 Å². The van der Waals surface area contributed by atoms with Crippen molar-refractivity contribution in [3.05, 3.63) is 51.1 Å². The second kappa shape index (κ2) is 7.01. The minimum atomic E-state index is -0.0999. The summed E-state index contributed by atoms with van der Waals surface area (Å²) in [6, 6.07) is 6.03. The molecule has 0 aliphatic carbocycles. The van der Waals surface area contributed by atoms with E-state index in [-0.39, 0.29) is 5.56 Å². The highest BCUT2D eigenvalue weighted by Crippen LogP contribution is 2.21. The van der Waals surface area contributed by atoms with E-state index < -0.39 is 0 Å². The second-order valence-corrected chi connectivity index (χ2v) is 6.31. The van der Waals surface area contributed by atoms with E-state index in [0.717, 1.165) is 52.7 Å². The van der Waals surface area contributed by atoms with Gasteiger partial charge in [-0.05, 0) is 39.2 Å². The quantitative estimate of drug-likeness (QED) is 0.741. The number of benzene rings is 1. The number of nitrogens with zero attached hydrogens (tertiary/aromatic N) is 3. The first-order chi connectivity index (χ1) is 12.0. The third-order valence-corrected chi connectivity index (χ3v) is 4.35. The monoisotopic (exact) mass is 337 g/mol. The first-order valence-electron chi connectivity index (χ1n) is 8.60. The molecule has 6 nitrogen and oxygen atoms in total. The summed E-state index contributed by atoms with van der Waals surface area (Å²) in [6.45, 7) is 7.94. The number of nitrogens with one attached hydrogen (secondary N) is 2. The standard InChI is InChI=1S/C19H23N5O/c1-5-6-9-15-13(4)21-19(23-17(15)25)24-18-20-12(3)14-10-7-8-11(2)16(14)22-18/h7-8,10H,5-6,9H2,1-4H3,(H2,20,21,22,23,24,25). The van der Waals surface area contributed by atoms with Crippen LogP contribution in [0.15, 0.2) is 23.0 Å². The predicted octanol–water partition coefficient (Wildman–Crippen LogP) is 3.72. The molecule has 0 unspecified atom stereocenters. The highest BCUT2D eigenvalue weighted by Gasteiger charge is 2.11. The number of aryl methyl sites for hydroxylation is 3. The van der Waals surface area contributed by atoms with Gasteiger partial charge in [-0.1, -0.05) is 31.5 Å². The molecule has 0 spiro atoms. The Balaban J connectivity index is 1.96. The Morgan fingerprint density at radius 1 is 1.08 bits per heavy atom. The van der Waals surface area contributed by atoms with Crippen molar-refractivity contribution in [3.63, 3.8) is 0 Å². The molecule has 2 N–H and O–H groups in total. The van der Waals surface area contributed by atoms with E-state index in [1.54, 1.807) is 0 Å². The molecular weight excluding hydrogens is 314 g/mol. The van der Waals surface area contributed by atoms with Crippen molar-refractivity contribution in [1.82, 2.24) is 19.9 Å². The third-order valence-electron chi connectivity index (χ3n) is 4.35. The van der Waals surface area contributed by atoms with Gasteiger partial charge >= 0.3 is 0 Å². The van der Waals surface area contributed by atoms with Crippen molar-refractivity contribution in [2.24, 2.45) is 0 Å². The van der Waals surface area contributed by atoms with Crippen LogP contribution in [0.5, 0.6) is 0 Å². The van der Waals surface area contributed by atoms with E-state index in [0.29, 0.717) is 11.9 Å². The normalized spacial score (nSPS) is 11.0. The van der Waals surface area contributed by atoms with Crippen LogP contribution in [0.2, 0.25) is 0 Å². The van der Waals surface area contributed by atoms with Crippen LogP contribution in [0.25, 0.3) is 10.9 Å². The zero-order valence-corrected chi connectivity index (χ0v) is 15.1. The van der Waals surface area contributed by atoms with E-state index in [2.05, 4.69) is 32.2 Å². The van der Waals surface area contributed by atoms with Crippen LogP contribution in [0.1, 0.15) is 42.3 Å². The minimum Gasteiger partial charge on any atom is -0.294 e. The molecule has 0 aliphatic heterocycles. The van der Waals surface area contributed by atoms with Crippen molar-refractivity contribution in [3.8, 4) is 0 Å². The van der Waals surface area contributed by atoms with Gasteiger partial charge in [-0.2, -0.15) is 0 Å². The summed E-state index contributed by atoms with van der Waals surface area (Å²) >= 11 is 0. The summed E-state index contributed by atoms with van der Waals surface area (Å²) in [5.41, 5.74) is 4.26. The number of rotatable bonds is 5. The molecule has 25 heavy (non-hydrogen) atoms. The van der Waals surface area contributed by atoms with Gasteiger partial charge in [-0.25, -0.2) is 15.0 Å². The van der Waals surface area contributed by atoms with Gasteiger partial charge in [0.25, 0.3) is 5.56 Å². The SMILES string of the molecule is CCCCc1c(C)nc(Nc2nc(C)c3cccc(C)c3n2)[nH]c1=O. The fourth-order valence-corrected chi connectivity index (χ4v) is 2.93. The Labute approximate surface area is 146 Å². The number of aromatic amines is 1. The topological polar surface area (TPSA) is 83.6 Å². The number of fused-ring (bicyclic) bond motifs is 1. The molecule has 2 aromatic heterocycles. The van der Waals surface area contributed by atoms with Crippen LogP contribution in [-0.4, -0.2) is 19.9 Å². The van der Waals surface area contributed by atoms with Gasteiger partial charge in [0, 0.05) is 16.6 Å². The van der Waals surface area contributed by atoms with Crippen LogP contribution in [0.3, 0.4) is 0 Å². The highest BCUT2D eigenvalue weighted by atomic mass is 16.1. The first kappa shape index (κ1) is 17.1. The molecule has 0 saturated carbocycles. The summed E-state index contributed by atoms with van der Waals surface area (Å²) in [5.74, 6) is 0.804. The maximum atomic E-state index is 12.3. The highest BCUT2D eigenvalue weighted by molar-refractivity contribution is 5.84. The lowest BCUT2D eigenvalue weighted by molar-refractivity contribution is 0.774. The van der Waals surface area contributed by atoms with Crippen LogP contribution in [0.4, 0.5) is 11.9 Å². The first-order valence-corrected chi connectivity index (χ1v) is 8.60. The molecule has 0 atom stereocenters. The van der Waals surface area contributed by atoms with Crippen LogP contribution < -0.4 is 10.9 Å². The van der Waals surface area contributed by atoms with Crippen molar-refractivity contribution < 1.29 is 0 Å². The van der Waals surface area contributed by atoms with E-state index in [1.165, 1.54) is 0 Å². The average molecular weight is 337 g/mol. The Hall–Kier alpha value is -2.76. The number of hydrogen-bond donors (Lipinski definition) is 2. The molecule has 3 rings (SSSR count). The van der Waals surface area contributed by atoms with E-state index in [9.17, 15) is 4.79 Å². The fourth-order valence-electron chi connectivity index (χ4n) is 2.93. The van der Waals surface area contributed by atoms with Gasteiger partial charge in [-0.3, -0.25) is 15.1 Å². The number of para-hydroxylation sites is 1. The third kappa shape index (κ3) is 3.52. The van der Waals surface area contributed by atoms with Crippen LogP contribution in [0, 0.1) is 20.8 Å². The maximum absolute atomic E-state index is 12.3. The van der Waals surface area contributed by atoms with E-state index >= 15 is 0 Å². The number of aromatic nitrogens is 4. The van der Waals surface area contributed by atoms with Gasteiger partial charge in [0.15, 0.2) is 0 Å². The smallest absolute Gasteiger partial charge is 0.255 e. The van der Waals surface area contributed by atoms with Crippen LogP contribution in [-0.2, 0) is 6.42 Å². The molecule has 130 valence electrons. The Kier molecular flexibility index (Phi) is 4.79. The molecule has 0 bridgehead atoms. The van der Waals surface area contributed by atoms with Gasteiger partial charge in [0.05, 0.1) is 11.2 Å². The maximum Gasteiger partial charge on any atom is 0.255 e. The largest absolute Gasteiger partial charge is 0.294 e. The van der Waals surface area contributed by atoms with Gasteiger partial charge in [0.1, 0.15) is 0 Å². The van der Waals surface area contributed by atoms with Crippen molar-refractivity contribution in [2.75, 3.05) is 5.32 Å². The average Bonchev–Trinajstić information content (AvgIpc) is 2.55. The lowest BCUT2D eigenvalue weighted by Gasteiger charge is -2.10.